The van der Waals surface area contributed by atoms with Gasteiger partial charge in [0.05, 0.1) is 20.6 Å². The van der Waals surface area contributed by atoms with Crippen LogP contribution in [0.25, 0.3) is 0 Å². The Bertz CT molecular complexity index is 1700. The van der Waals surface area contributed by atoms with E-state index in [1.165, 1.54) is 17.0 Å². The normalized spacial score (nSPS) is 12.6. The molecule has 0 saturated carbocycles. The van der Waals surface area contributed by atoms with Crippen LogP contribution in [0, 0.1) is 6.92 Å². The van der Waals surface area contributed by atoms with Crippen molar-refractivity contribution >= 4 is 50.7 Å². The van der Waals surface area contributed by atoms with Gasteiger partial charge in [0.25, 0.3) is 10.0 Å². The van der Waals surface area contributed by atoms with E-state index in [2.05, 4.69) is 5.32 Å². The summed E-state index contributed by atoms with van der Waals surface area (Å²) < 4.78 is 29.2. The summed E-state index contributed by atoms with van der Waals surface area (Å²) in [6.45, 7) is 5.21. The number of benzene rings is 4. The lowest BCUT2D eigenvalue weighted by molar-refractivity contribution is -0.140. The Morgan fingerprint density at radius 2 is 1.44 bits per heavy atom. The summed E-state index contributed by atoms with van der Waals surface area (Å²) in [4.78, 5) is 29.9. The molecule has 4 aromatic rings. The van der Waals surface area contributed by atoms with Gasteiger partial charge in [0.15, 0.2) is 0 Å². The number of aryl methyl sites for hydroxylation is 1. The van der Waals surface area contributed by atoms with Gasteiger partial charge in [-0.3, -0.25) is 13.9 Å². The third kappa shape index (κ3) is 8.87. The number of carbonyl (C=O) groups is 2. The minimum atomic E-state index is -4.16. The molecule has 7 nitrogen and oxygen atoms in total. The van der Waals surface area contributed by atoms with E-state index < -0.39 is 28.5 Å². The molecule has 45 heavy (non-hydrogen) atoms. The lowest BCUT2D eigenvalue weighted by atomic mass is 10.0. The first-order valence-electron chi connectivity index (χ1n) is 14.7. The van der Waals surface area contributed by atoms with Crippen LogP contribution >= 0.6 is 23.2 Å². The smallest absolute Gasteiger partial charge is 0.264 e. The van der Waals surface area contributed by atoms with E-state index >= 15 is 0 Å². The molecule has 0 bridgehead atoms. The summed E-state index contributed by atoms with van der Waals surface area (Å²) in [5, 5.41) is 3.69. The highest BCUT2D eigenvalue weighted by molar-refractivity contribution is 7.92. The maximum Gasteiger partial charge on any atom is 0.264 e. The van der Waals surface area contributed by atoms with Gasteiger partial charge in [-0.1, -0.05) is 102 Å². The molecular weight excluding hydrogens is 629 g/mol. The maximum absolute atomic E-state index is 14.5. The molecule has 0 unspecified atom stereocenters. The summed E-state index contributed by atoms with van der Waals surface area (Å²) in [5.74, 6) is -0.893. The predicted molar refractivity (Wildman–Crippen MR) is 181 cm³/mol. The minimum absolute atomic E-state index is 0.00568. The standard InChI is InChI=1S/C35H37Cl2N3O4S/c1-4-26(3)38-35(42)33(22-27-11-7-5-8-12-27)39(23-28-17-20-31(36)32(37)21-28)34(41)24-40(29-18-15-25(2)16-19-29)45(43,44)30-13-9-6-10-14-30/h5-21,26,33H,4,22-24H2,1-3H3,(H,38,42)/t26-,33+/m1/s1. The highest BCUT2D eigenvalue weighted by Crippen LogP contribution is 2.27. The molecule has 0 aliphatic carbocycles. The van der Waals surface area contributed by atoms with Crippen LogP contribution in [0.2, 0.25) is 10.0 Å². The van der Waals surface area contributed by atoms with E-state index in [4.69, 9.17) is 23.2 Å². The van der Waals surface area contributed by atoms with Crippen LogP contribution in [0.15, 0.2) is 108 Å². The number of carbonyl (C=O) groups excluding carboxylic acids is 2. The predicted octanol–water partition coefficient (Wildman–Crippen LogP) is 7.05. The number of sulfonamides is 1. The number of rotatable bonds is 13. The van der Waals surface area contributed by atoms with Crippen molar-refractivity contribution in [2.75, 3.05) is 10.8 Å². The number of hydrogen-bond donors (Lipinski definition) is 1. The molecule has 0 aromatic heterocycles. The van der Waals surface area contributed by atoms with E-state index in [-0.39, 0.29) is 29.8 Å². The maximum atomic E-state index is 14.5. The van der Waals surface area contributed by atoms with Gasteiger partial charge in [-0.25, -0.2) is 8.42 Å². The molecule has 4 aromatic carbocycles. The molecule has 2 amide bonds. The van der Waals surface area contributed by atoms with Crippen molar-refractivity contribution in [3.8, 4) is 0 Å². The van der Waals surface area contributed by atoms with Gasteiger partial charge in [-0.15, -0.1) is 0 Å². The topological polar surface area (TPSA) is 86.8 Å². The number of anilines is 1. The molecule has 1 N–H and O–H groups in total. The Labute approximate surface area is 275 Å². The molecule has 0 heterocycles. The average Bonchev–Trinajstić information content (AvgIpc) is 3.04. The fourth-order valence-corrected chi connectivity index (χ4v) is 6.55. The Hall–Kier alpha value is -3.85. The molecule has 0 fully saturated rings. The zero-order chi connectivity index (χ0) is 32.6. The third-order valence-electron chi connectivity index (χ3n) is 7.54. The molecule has 0 radical (unpaired) electrons. The summed E-state index contributed by atoms with van der Waals surface area (Å²) >= 11 is 12.5. The van der Waals surface area contributed by atoms with Crippen LogP contribution in [-0.4, -0.2) is 43.8 Å². The Kier molecular flexibility index (Phi) is 11.7. The molecule has 0 aliphatic heterocycles. The van der Waals surface area contributed by atoms with Crippen LogP contribution in [-0.2, 0) is 32.6 Å². The molecule has 10 heteroatoms. The van der Waals surface area contributed by atoms with Crippen molar-refractivity contribution in [2.45, 2.75) is 57.1 Å². The van der Waals surface area contributed by atoms with Crippen LogP contribution in [0.4, 0.5) is 5.69 Å². The molecule has 0 spiro atoms. The highest BCUT2D eigenvalue weighted by Gasteiger charge is 2.35. The quantitative estimate of drug-likeness (QED) is 0.166. The van der Waals surface area contributed by atoms with Gasteiger partial charge in [-0.05, 0) is 67.8 Å². The van der Waals surface area contributed by atoms with Gasteiger partial charge in [0.1, 0.15) is 12.6 Å². The fraction of sp³-hybridized carbons (Fsp3) is 0.257. The average molecular weight is 667 g/mol. The van der Waals surface area contributed by atoms with E-state index in [1.54, 1.807) is 60.7 Å². The Morgan fingerprint density at radius 1 is 0.822 bits per heavy atom. The zero-order valence-corrected chi connectivity index (χ0v) is 27.8. The molecule has 236 valence electrons. The third-order valence-corrected chi connectivity index (χ3v) is 10.1. The lowest BCUT2D eigenvalue weighted by Gasteiger charge is -2.34. The van der Waals surface area contributed by atoms with E-state index in [9.17, 15) is 18.0 Å². The van der Waals surface area contributed by atoms with Crippen LogP contribution in [0.3, 0.4) is 0 Å². The summed E-state index contributed by atoms with van der Waals surface area (Å²) in [7, 11) is -4.16. The number of halogens is 2. The van der Waals surface area contributed by atoms with Crippen LogP contribution in [0.5, 0.6) is 0 Å². The first kappa shape index (κ1) is 34.0. The SMILES string of the molecule is CC[C@@H](C)NC(=O)[C@H](Cc1ccccc1)N(Cc1ccc(Cl)c(Cl)c1)C(=O)CN(c1ccc(C)cc1)S(=O)(=O)c1ccccc1. The first-order valence-corrected chi connectivity index (χ1v) is 16.9. The molecule has 0 aliphatic rings. The van der Waals surface area contributed by atoms with Gasteiger partial charge < -0.3 is 10.2 Å². The molecule has 2 atom stereocenters. The van der Waals surface area contributed by atoms with E-state index in [1.807, 2.05) is 51.1 Å². The number of nitrogens with one attached hydrogen (secondary N) is 1. The molecule has 0 saturated heterocycles. The Morgan fingerprint density at radius 3 is 2.04 bits per heavy atom. The lowest BCUT2D eigenvalue weighted by Crippen LogP contribution is -2.54. The molecular formula is C35H37Cl2N3O4S. The monoisotopic (exact) mass is 665 g/mol. The van der Waals surface area contributed by atoms with E-state index in [0.29, 0.717) is 27.7 Å². The van der Waals surface area contributed by atoms with Crippen molar-refractivity contribution in [2.24, 2.45) is 0 Å². The van der Waals surface area contributed by atoms with Crippen molar-refractivity contribution < 1.29 is 18.0 Å². The van der Waals surface area contributed by atoms with Gasteiger partial charge in [-0.2, -0.15) is 0 Å². The largest absolute Gasteiger partial charge is 0.352 e. The number of amides is 2. The van der Waals surface area contributed by atoms with Crippen molar-refractivity contribution in [1.82, 2.24) is 10.2 Å². The minimum Gasteiger partial charge on any atom is -0.352 e. The molecule has 4 rings (SSSR count). The first-order chi connectivity index (χ1) is 21.5. The summed E-state index contributed by atoms with van der Waals surface area (Å²) in [6, 6.07) is 28.2. The fourth-order valence-electron chi connectivity index (χ4n) is 4.79. The van der Waals surface area contributed by atoms with Gasteiger partial charge >= 0.3 is 0 Å². The zero-order valence-electron chi connectivity index (χ0n) is 25.5. The van der Waals surface area contributed by atoms with E-state index in [0.717, 1.165) is 15.4 Å². The second-order valence-electron chi connectivity index (χ2n) is 11.0. The van der Waals surface area contributed by atoms with Crippen LogP contribution < -0.4 is 9.62 Å². The van der Waals surface area contributed by atoms with Gasteiger partial charge in [0.2, 0.25) is 11.8 Å². The van der Waals surface area contributed by atoms with Crippen molar-refractivity contribution in [3.05, 3.63) is 130 Å². The summed E-state index contributed by atoms with van der Waals surface area (Å²) in [6.07, 6.45) is 0.910. The number of hydrogen-bond acceptors (Lipinski definition) is 4. The summed E-state index contributed by atoms with van der Waals surface area (Å²) in [5.41, 5.74) is 2.75. The van der Waals surface area contributed by atoms with Gasteiger partial charge in [0, 0.05) is 19.0 Å². The second-order valence-corrected chi connectivity index (χ2v) is 13.6. The van der Waals surface area contributed by atoms with Crippen molar-refractivity contribution in [1.29, 1.82) is 0 Å². The second kappa shape index (κ2) is 15.4. The number of nitrogens with zero attached hydrogens (tertiary/aromatic N) is 2. The highest BCUT2D eigenvalue weighted by atomic mass is 35.5. The van der Waals surface area contributed by atoms with Crippen molar-refractivity contribution in [3.63, 3.8) is 0 Å². The van der Waals surface area contributed by atoms with Crippen LogP contribution in [0.1, 0.15) is 37.0 Å². The Balaban J connectivity index is 1.81.